The summed E-state index contributed by atoms with van der Waals surface area (Å²) in [6, 6.07) is 0. The summed E-state index contributed by atoms with van der Waals surface area (Å²) >= 11 is 0. The van der Waals surface area contributed by atoms with Gasteiger partial charge in [0.05, 0.1) is 12.7 Å². The molecule has 3 unspecified atom stereocenters. The number of carbonyl (C=O) groups is 1. The first kappa shape index (κ1) is 15.3. The average molecular weight is 268 g/mol. The third-order valence-electron chi connectivity index (χ3n) is 3.53. The maximum Gasteiger partial charge on any atom is 0.404 e. The number of hydrogen-bond acceptors (Lipinski definition) is 2. The Labute approximate surface area is 104 Å². The summed E-state index contributed by atoms with van der Waals surface area (Å²) < 4.78 is 42.6. The molecule has 0 radical (unpaired) electrons. The lowest BCUT2D eigenvalue weighted by atomic mass is 9.84. The van der Waals surface area contributed by atoms with E-state index in [1.54, 1.807) is 0 Å². The minimum absolute atomic E-state index is 0.229. The van der Waals surface area contributed by atoms with Gasteiger partial charge in [0, 0.05) is 0 Å². The molecule has 6 heteroatoms. The van der Waals surface area contributed by atoms with Gasteiger partial charge in [0.15, 0.2) is 5.92 Å². The van der Waals surface area contributed by atoms with Crippen molar-refractivity contribution in [1.29, 1.82) is 0 Å². The van der Waals surface area contributed by atoms with Crippen molar-refractivity contribution in [3.63, 3.8) is 0 Å². The summed E-state index contributed by atoms with van der Waals surface area (Å²) in [5, 5.41) is 8.56. The third kappa shape index (κ3) is 4.15. The van der Waals surface area contributed by atoms with Crippen molar-refractivity contribution in [1.82, 2.24) is 0 Å². The van der Waals surface area contributed by atoms with Crippen LogP contribution in [0.2, 0.25) is 0 Å². The van der Waals surface area contributed by atoms with E-state index in [0.717, 1.165) is 32.1 Å². The van der Waals surface area contributed by atoms with Crippen LogP contribution in [0.1, 0.15) is 39.0 Å². The Balaban J connectivity index is 2.53. The summed E-state index contributed by atoms with van der Waals surface area (Å²) in [5.74, 6) is -4.04. The van der Waals surface area contributed by atoms with Crippen LogP contribution in [0.5, 0.6) is 0 Å². The average Bonchev–Trinajstić information content (AvgIpc) is 2.27. The standard InChI is InChI=1S/C12H19F3O3/c1-2-8-5-3-4-6-10(8)18-7-9(11(16)17)12(13,14)15/h8-10H,2-7H2,1H3,(H,16,17). The third-order valence-corrected chi connectivity index (χ3v) is 3.53. The highest BCUT2D eigenvalue weighted by Crippen LogP contribution is 2.32. The van der Waals surface area contributed by atoms with Gasteiger partial charge in [0.25, 0.3) is 0 Å². The molecule has 0 spiro atoms. The Bertz CT molecular complexity index is 278. The molecule has 1 rings (SSSR count). The van der Waals surface area contributed by atoms with Crippen LogP contribution < -0.4 is 0 Å². The first-order valence-electron chi connectivity index (χ1n) is 6.27. The van der Waals surface area contributed by atoms with Gasteiger partial charge in [-0.25, -0.2) is 0 Å². The summed E-state index contributed by atoms with van der Waals surface area (Å²) in [6.07, 6.45) is -0.442. The number of alkyl halides is 3. The second-order valence-corrected chi connectivity index (χ2v) is 4.76. The molecule has 106 valence electrons. The van der Waals surface area contributed by atoms with Crippen LogP contribution in [-0.4, -0.2) is 30.0 Å². The van der Waals surface area contributed by atoms with E-state index in [1.807, 2.05) is 6.92 Å². The van der Waals surface area contributed by atoms with Crippen molar-refractivity contribution in [2.75, 3.05) is 6.61 Å². The fourth-order valence-corrected chi connectivity index (χ4v) is 2.39. The predicted molar refractivity (Wildman–Crippen MR) is 59.2 cm³/mol. The van der Waals surface area contributed by atoms with E-state index in [9.17, 15) is 18.0 Å². The number of ether oxygens (including phenoxy) is 1. The summed E-state index contributed by atoms with van der Waals surface area (Å²) in [4.78, 5) is 10.6. The Morgan fingerprint density at radius 1 is 1.39 bits per heavy atom. The van der Waals surface area contributed by atoms with Crippen LogP contribution in [0, 0.1) is 11.8 Å². The quantitative estimate of drug-likeness (QED) is 0.832. The van der Waals surface area contributed by atoms with Crippen LogP contribution in [0.25, 0.3) is 0 Å². The van der Waals surface area contributed by atoms with E-state index < -0.39 is 24.7 Å². The highest BCUT2D eigenvalue weighted by atomic mass is 19.4. The molecule has 1 fully saturated rings. The van der Waals surface area contributed by atoms with Crippen molar-refractivity contribution in [3.05, 3.63) is 0 Å². The molecule has 1 aliphatic rings. The predicted octanol–water partition coefficient (Wildman–Crippen LogP) is 3.23. The molecular weight excluding hydrogens is 249 g/mol. The van der Waals surface area contributed by atoms with Crippen molar-refractivity contribution >= 4 is 5.97 Å². The molecule has 0 aromatic carbocycles. The first-order chi connectivity index (χ1) is 8.36. The molecule has 0 heterocycles. The molecule has 0 bridgehead atoms. The lowest BCUT2D eigenvalue weighted by Crippen LogP contribution is -2.37. The topological polar surface area (TPSA) is 46.5 Å². The molecule has 0 aliphatic heterocycles. The highest BCUT2D eigenvalue weighted by molar-refractivity contribution is 5.71. The molecule has 1 N–H and O–H groups in total. The van der Waals surface area contributed by atoms with E-state index in [2.05, 4.69) is 0 Å². The van der Waals surface area contributed by atoms with Gasteiger partial charge in [-0.15, -0.1) is 0 Å². The number of rotatable bonds is 5. The zero-order valence-electron chi connectivity index (χ0n) is 10.4. The van der Waals surface area contributed by atoms with Crippen molar-refractivity contribution in [2.24, 2.45) is 11.8 Å². The van der Waals surface area contributed by atoms with Crippen LogP contribution >= 0.6 is 0 Å². The number of halogens is 3. The summed E-state index contributed by atoms with van der Waals surface area (Å²) in [5.41, 5.74) is 0. The zero-order valence-corrected chi connectivity index (χ0v) is 10.4. The molecule has 18 heavy (non-hydrogen) atoms. The van der Waals surface area contributed by atoms with Gasteiger partial charge in [-0.1, -0.05) is 26.2 Å². The largest absolute Gasteiger partial charge is 0.481 e. The fourth-order valence-electron chi connectivity index (χ4n) is 2.39. The van der Waals surface area contributed by atoms with Gasteiger partial charge in [0.2, 0.25) is 0 Å². The summed E-state index contributed by atoms with van der Waals surface area (Å²) in [6.45, 7) is 1.20. The van der Waals surface area contributed by atoms with E-state index in [0.29, 0.717) is 0 Å². The van der Waals surface area contributed by atoms with Crippen LogP contribution in [-0.2, 0) is 9.53 Å². The fraction of sp³-hybridized carbons (Fsp3) is 0.917. The monoisotopic (exact) mass is 268 g/mol. The highest BCUT2D eigenvalue weighted by Gasteiger charge is 2.45. The lowest BCUT2D eigenvalue weighted by Gasteiger charge is -2.31. The maximum absolute atomic E-state index is 12.4. The van der Waals surface area contributed by atoms with E-state index in [-0.39, 0.29) is 12.0 Å². The van der Waals surface area contributed by atoms with E-state index >= 15 is 0 Å². The van der Waals surface area contributed by atoms with Crippen molar-refractivity contribution in [3.8, 4) is 0 Å². The second-order valence-electron chi connectivity index (χ2n) is 4.76. The molecule has 0 aromatic heterocycles. The number of carboxylic acids is 1. The number of aliphatic carboxylic acids is 1. The molecule has 0 aromatic rings. The van der Waals surface area contributed by atoms with Gasteiger partial charge < -0.3 is 9.84 Å². The molecule has 0 amide bonds. The smallest absolute Gasteiger partial charge is 0.404 e. The van der Waals surface area contributed by atoms with Gasteiger partial charge >= 0.3 is 12.1 Å². The van der Waals surface area contributed by atoms with Gasteiger partial charge in [-0.3, -0.25) is 4.79 Å². The molecule has 3 nitrogen and oxygen atoms in total. The molecule has 1 aliphatic carbocycles. The molecule has 1 saturated carbocycles. The number of hydrogen-bond donors (Lipinski definition) is 1. The normalized spacial score (nSPS) is 26.9. The summed E-state index contributed by atoms with van der Waals surface area (Å²) in [7, 11) is 0. The van der Waals surface area contributed by atoms with Crippen molar-refractivity contribution in [2.45, 2.75) is 51.3 Å². The SMILES string of the molecule is CCC1CCCCC1OCC(C(=O)O)C(F)(F)F. The van der Waals surface area contributed by atoms with Crippen LogP contribution in [0.15, 0.2) is 0 Å². The number of carboxylic acid groups (broad SMARTS) is 1. The van der Waals surface area contributed by atoms with Crippen molar-refractivity contribution < 1.29 is 27.8 Å². The molecular formula is C12H19F3O3. The Kier molecular flexibility index (Phi) is 5.44. The minimum atomic E-state index is -4.75. The van der Waals surface area contributed by atoms with E-state index in [1.165, 1.54) is 0 Å². The van der Waals surface area contributed by atoms with E-state index in [4.69, 9.17) is 9.84 Å². The molecule has 0 saturated heterocycles. The Morgan fingerprint density at radius 3 is 2.50 bits per heavy atom. The second kappa shape index (κ2) is 6.41. The van der Waals surface area contributed by atoms with Crippen LogP contribution in [0.3, 0.4) is 0 Å². The first-order valence-corrected chi connectivity index (χ1v) is 6.27. The Morgan fingerprint density at radius 2 is 2.00 bits per heavy atom. The lowest BCUT2D eigenvalue weighted by molar-refractivity contribution is -0.207. The minimum Gasteiger partial charge on any atom is -0.481 e. The maximum atomic E-state index is 12.4. The zero-order chi connectivity index (χ0) is 13.8. The van der Waals surface area contributed by atoms with Gasteiger partial charge in [0.1, 0.15) is 0 Å². The van der Waals surface area contributed by atoms with Gasteiger partial charge in [-0.05, 0) is 18.8 Å². The van der Waals surface area contributed by atoms with Gasteiger partial charge in [-0.2, -0.15) is 13.2 Å². The molecule has 3 atom stereocenters. The Hall–Kier alpha value is -0.780. The van der Waals surface area contributed by atoms with Crippen LogP contribution in [0.4, 0.5) is 13.2 Å².